The maximum absolute atomic E-state index is 12.4. The number of ether oxygens (including phenoxy) is 7. The lowest BCUT2D eigenvalue weighted by Gasteiger charge is -2.43. The van der Waals surface area contributed by atoms with Crippen molar-refractivity contribution in [2.75, 3.05) is 13.2 Å². The van der Waals surface area contributed by atoms with Gasteiger partial charge in [-0.2, -0.15) is 0 Å². The fraction of sp³-hybridized carbons (Fsp3) is 0.341. The van der Waals surface area contributed by atoms with Gasteiger partial charge in [-0.3, -0.25) is 0 Å². The molecule has 49 heavy (non-hydrogen) atoms. The van der Waals surface area contributed by atoms with Gasteiger partial charge in [0.25, 0.3) is 0 Å². The SMILES string of the molecule is CC(C)(C)OC(=O)OC/C=C1\O[C@H](COCc2ccccc2)[C@@H](OCc2ccccc2)[C@H](OCc2ccccc2)[C@H]1OCc1ccccc1. The third-order valence-electron chi connectivity index (χ3n) is 7.67. The van der Waals surface area contributed by atoms with E-state index in [1.54, 1.807) is 26.8 Å². The molecule has 0 saturated carbocycles. The zero-order chi connectivity index (χ0) is 34.3. The summed E-state index contributed by atoms with van der Waals surface area (Å²) in [7, 11) is 0. The van der Waals surface area contributed by atoms with Gasteiger partial charge in [-0.25, -0.2) is 4.79 Å². The second-order valence-corrected chi connectivity index (χ2v) is 12.8. The molecular weight excluding hydrogens is 620 g/mol. The molecule has 0 bridgehead atoms. The first-order valence-electron chi connectivity index (χ1n) is 16.6. The van der Waals surface area contributed by atoms with Gasteiger partial charge in [0.1, 0.15) is 36.3 Å². The molecule has 1 saturated heterocycles. The maximum Gasteiger partial charge on any atom is 0.509 e. The van der Waals surface area contributed by atoms with Crippen LogP contribution in [0.5, 0.6) is 0 Å². The van der Waals surface area contributed by atoms with Gasteiger partial charge in [0.2, 0.25) is 0 Å². The highest BCUT2D eigenvalue weighted by Gasteiger charge is 2.46. The highest BCUT2D eigenvalue weighted by molar-refractivity contribution is 5.60. The molecule has 258 valence electrons. The zero-order valence-corrected chi connectivity index (χ0v) is 28.4. The summed E-state index contributed by atoms with van der Waals surface area (Å²) in [5.74, 6) is 0.463. The summed E-state index contributed by atoms with van der Waals surface area (Å²) in [5.41, 5.74) is 3.37. The molecule has 0 spiro atoms. The fourth-order valence-electron chi connectivity index (χ4n) is 5.34. The van der Waals surface area contributed by atoms with Crippen LogP contribution in [0.15, 0.2) is 133 Å². The van der Waals surface area contributed by atoms with E-state index in [2.05, 4.69) is 0 Å². The van der Waals surface area contributed by atoms with E-state index in [0.29, 0.717) is 32.2 Å². The van der Waals surface area contributed by atoms with Gasteiger partial charge in [0, 0.05) is 0 Å². The lowest BCUT2D eigenvalue weighted by molar-refractivity contribution is -0.223. The van der Waals surface area contributed by atoms with Crippen LogP contribution in [0.3, 0.4) is 0 Å². The molecule has 0 radical (unpaired) electrons. The normalized spacial score (nSPS) is 20.0. The van der Waals surface area contributed by atoms with Gasteiger partial charge in [-0.15, -0.1) is 0 Å². The van der Waals surface area contributed by atoms with Crippen molar-refractivity contribution in [3.63, 3.8) is 0 Å². The quantitative estimate of drug-likeness (QED) is 0.118. The third kappa shape index (κ3) is 11.9. The number of hydrogen-bond donors (Lipinski definition) is 0. The minimum Gasteiger partial charge on any atom is -0.487 e. The van der Waals surface area contributed by atoms with E-state index in [1.807, 2.05) is 121 Å². The number of carbonyl (C=O) groups excluding carboxylic acids is 1. The molecule has 0 unspecified atom stereocenters. The Hall–Kier alpha value is -4.47. The van der Waals surface area contributed by atoms with Crippen LogP contribution in [0.25, 0.3) is 0 Å². The van der Waals surface area contributed by atoms with Crippen LogP contribution in [0, 0.1) is 0 Å². The van der Waals surface area contributed by atoms with Crippen molar-refractivity contribution >= 4 is 6.16 Å². The molecule has 1 aliphatic rings. The van der Waals surface area contributed by atoms with E-state index >= 15 is 0 Å². The highest BCUT2D eigenvalue weighted by Crippen LogP contribution is 2.33. The molecule has 1 heterocycles. The van der Waals surface area contributed by atoms with Crippen LogP contribution in [0.1, 0.15) is 43.0 Å². The van der Waals surface area contributed by atoms with Crippen molar-refractivity contribution < 1.29 is 38.0 Å². The summed E-state index contributed by atoms with van der Waals surface area (Å²) in [4.78, 5) is 12.4. The van der Waals surface area contributed by atoms with E-state index in [-0.39, 0.29) is 13.2 Å². The van der Waals surface area contributed by atoms with Gasteiger partial charge in [-0.05, 0) is 49.1 Å². The largest absolute Gasteiger partial charge is 0.509 e. The van der Waals surface area contributed by atoms with E-state index in [9.17, 15) is 4.79 Å². The van der Waals surface area contributed by atoms with Crippen molar-refractivity contribution in [3.8, 4) is 0 Å². The summed E-state index contributed by atoms with van der Waals surface area (Å²) < 4.78 is 43.7. The summed E-state index contributed by atoms with van der Waals surface area (Å²) in [6, 6.07) is 39.8. The molecule has 4 aromatic rings. The Morgan fingerprint density at radius 1 is 0.633 bits per heavy atom. The monoisotopic (exact) mass is 666 g/mol. The standard InChI is InChI=1S/C41H46O8/c1-41(2,3)49-40(42)44-25-24-35-37(45-27-32-18-10-5-11-19-32)39(47-29-34-22-14-7-15-23-34)38(46-28-33-20-12-6-13-21-33)36(48-35)30-43-26-31-16-8-4-9-17-31/h4-24,36-39H,25-30H2,1-3H3/b35-24-/t36-,37+,38-,39-/m1/s1. The molecule has 5 rings (SSSR count). The number of hydrogen-bond acceptors (Lipinski definition) is 8. The Labute approximate surface area is 289 Å². The third-order valence-corrected chi connectivity index (χ3v) is 7.67. The molecule has 1 aliphatic heterocycles. The Bertz CT molecular complexity index is 1560. The van der Waals surface area contributed by atoms with Crippen LogP contribution < -0.4 is 0 Å². The molecule has 4 aromatic carbocycles. The first kappa shape index (κ1) is 35.8. The molecular formula is C41H46O8. The lowest BCUT2D eigenvalue weighted by Crippen LogP contribution is -2.56. The Balaban J connectivity index is 1.45. The smallest absolute Gasteiger partial charge is 0.487 e. The second kappa shape index (κ2) is 18.3. The Kier molecular flexibility index (Phi) is 13.4. The Morgan fingerprint density at radius 2 is 1.08 bits per heavy atom. The molecule has 8 heteroatoms. The average Bonchev–Trinajstić information content (AvgIpc) is 3.10. The molecule has 0 N–H and O–H groups in total. The predicted octanol–water partition coefficient (Wildman–Crippen LogP) is 8.19. The van der Waals surface area contributed by atoms with Gasteiger partial charge < -0.3 is 33.2 Å². The van der Waals surface area contributed by atoms with E-state index in [4.69, 9.17) is 33.2 Å². The molecule has 8 nitrogen and oxygen atoms in total. The van der Waals surface area contributed by atoms with Crippen LogP contribution in [0.2, 0.25) is 0 Å². The minimum absolute atomic E-state index is 0.0893. The Morgan fingerprint density at radius 3 is 1.57 bits per heavy atom. The van der Waals surface area contributed by atoms with Crippen molar-refractivity contribution in [1.29, 1.82) is 0 Å². The predicted molar refractivity (Wildman–Crippen MR) is 186 cm³/mol. The molecule has 4 atom stereocenters. The molecule has 1 fully saturated rings. The van der Waals surface area contributed by atoms with Crippen molar-refractivity contribution in [3.05, 3.63) is 155 Å². The second-order valence-electron chi connectivity index (χ2n) is 12.8. The van der Waals surface area contributed by atoms with Crippen LogP contribution in [-0.2, 0) is 59.6 Å². The number of benzene rings is 4. The molecule has 0 aliphatic carbocycles. The van der Waals surface area contributed by atoms with Gasteiger partial charge >= 0.3 is 6.16 Å². The first-order chi connectivity index (χ1) is 23.8. The molecule has 0 aromatic heterocycles. The van der Waals surface area contributed by atoms with E-state index in [1.165, 1.54) is 0 Å². The van der Waals surface area contributed by atoms with Gasteiger partial charge in [0.05, 0.1) is 33.0 Å². The summed E-state index contributed by atoms with van der Waals surface area (Å²) in [5, 5.41) is 0. The minimum atomic E-state index is -0.773. The van der Waals surface area contributed by atoms with E-state index < -0.39 is 36.2 Å². The van der Waals surface area contributed by atoms with Crippen molar-refractivity contribution in [2.24, 2.45) is 0 Å². The topological polar surface area (TPSA) is 81.7 Å². The highest BCUT2D eigenvalue weighted by atomic mass is 16.7. The lowest BCUT2D eigenvalue weighted by atomic mass is 9.96. The first-order valence-corrected chi connectivity index (χ1v) is 16.6. The molecule has 0 amide bonds. The fourth-order valence-corrected chi connectivity index (χ4v) is 5.34. The van der Waals surface area contributed by atoms with Crippen LogP contribution in [0.4, 0.5) is 4.79 Å². The van der Waals surface area contributed by atoms with Crippen LogP contribution >= 0.6 is 0 Å². The van der Waals surface area contributed by atoms with Crippen molar-refractivity contribution in [2.45, 2.75) is 77.2 Å². The summed E-state index contributed by atoms with van der Waals surface area (Å²) in [6.45, 7) is 6.84. The van der Waals surface area contributed by atoms with Crippen LogP contribution in [-0.4, -0.2) is 49.4 Å². The van der Waals surface area contributed by atoms with Gasteiger partial charge in [-0.1, -0.05) is 121 Å². The van der Waals surface area contributed by atoms with Crippen molar-refractivity contribution in [1.82, 2.24) is 0 Å². The zero-order valence-electron chi connectivity index (χ0n) is 28.4. The summed E-state index contributed by atoms with van der Waals surface area (Å²) in [6.07, 6.45) is -1.53. The average molecular weight is 667 g/mol. The summed E-state index contributed by atoms with van der Waals surface area (Å²) >= 11 is 0. The number of rotatable bonds is 15. The van der Waals surface area contributed by atoms with E-state index in [0.717, 1.165) is 22.3 Å². The number of carbonyl (C=O) groups is 1. The van der Waals surface area contributed by atoms with Gasteiger partial charge in [0.15, 0.2) is 6.10 Å². The maximum atomic E-state index is 12.4.